The van der Waals surface area contributed by atoms with E-state index in [0.717, 1.165) is 28.6 Å². The van der Waals surface area contributed by atoms with Crippen molar-refractivity contribution in [1.29, 1.82) is 0 Å². The van der Waals surface area contributed by atoms with Gasteiger partial charge < -0.3 is 14.0 Å². The standard InChI is InChI=1S/C20H23ClN2O2S/c1-4-20(14-25-2,15-8-10-16(21)11-9-15)23-13-12-17-18(22-26(3)24)6-5-7-19(17)23/h5-13,22H,4,14H2,1-3H3. The Morgan fingerprint density at radius 1 is 1.19 bits per heavy atom. The minimum absolute atomic E-state index is 0.356. The molecule has 2 unspecified atom stereocenters. The number of hydrogen-bond acceptors (Lipinski definition) is 2. The van der Waals surface area contributed by atoms with Gasteiger partial charge in [0.05, 0.1) is 23.3 Å². The van der Waals surface area contributed by atoms with E-state index in [0.29, 0.717) is 11.6 Å². The molecule has 0 aliphatic carbocycles. The molecule has 0 spiro atoms. The highest BCUT2D eigenvalue weighted by molar-refractivity contribution is 7.85. The van der Waals surface area contributed by atoms with Crippen molar-refractivity contribution >= 4 is 39.2 Å². The summed E-state index contributed by atoms with van der Waals surface area (Å²) in [6, 6.07) is 16.0. The van der Waals surface area contributed by atoms with Gasteiger partial charge in [-0.1, -0.05) is 36.7 Å². The van der Waals surface area contributed by atoms with Crippen LogP contribution in [0.3, 0.4) is 0 Å². The predicted molar refractivity (Wildman–Crippen MR) is 110 cm³/mol. The minimum atomic E-state index is -1.13. The monoisotopic (exact) mass is 390 g/mol. The maximum absolute atomic E-state index is 11.6. The fourth-order valence-electron chi connectivity index (χ4n) is 3.55. The van der Waals surface area contributed by atoms with E-state index in [1.165, 1.54) is 0 Å². The van der Waals surface area contributed by atoms with Crippen LogP contribution < -0.4 is 4.72 Å². The van der Waals surface area contributed by atoms with E-state index in [4.69, 9.17) is 16.3 Å². The topological polar surface area (TPSA) is 43.3 Å². The van der Waals surface area contributed by atoms with Crippen molar-refractivity contribution in [3.05, 3.63) is 65.3 Å². The molecule has 2 atom stereocenters. The molecule has 3 aromatic rings. The molecule has 0 radical (unpaired) electrons. The second-order valence-corrected chi connectivity index (χ2v) is 7.85. The molecule has 138 valence electrons. The van der Waals surface area contributed by atoms with Gasteiger partial charge in [0.1, 0.15) is 11.0 Å². The summed E-state index contributed by atoms with van der Waals surface area (Å²) in [4.78, 5) is 0. The van der Waals surface area contributed by atoms with Crippen LogP contribution in [0.2, 0.25) is 5.02 Å². The lowest BCUT2D eigenvalue weighted by molar-refractivity contribution is 0.111. The molecule has 6 heteroatoms. The molecule has 3 rings (SSSR count). The Morgan fingerprint density at radius 3 is 2.54 bits per heavy atom. The van der Waals surface area contributed by atoms with E-state index in [1.54, 1.807) is 13.4 Å². The van der Waals surface area contributed by atoms with Crippen molar-refractivity contribution < 1.29 is 8.95 Å². The summed E-state index contributed by atoms with van der Waals surface area (Å²) in [6.07, 6.45) is 4.56. The first kappa shape index (κ1) is 19.0. The number of aromatic nitrogens is 1. The molecular weight excluding hydrogens is 368 g/mol. The van der Waals surface area contributed by atoms with Crippen LogP contribution in [-0.2, 0) is 21.3 Å². The smallest absolute Gasteiger partial charge is 0.113 e. The Kier molecular flexibility index (Phi) is 5.70. The number of ether oxygens (including phenoxy) is 1. The lowest BCUT2D eigenvalue weighted by atomic mass is 9.87. The number of benzene rings is 2. The summed E-state index contributed by atoms with van der Waals surface area (Å²) in [5.74, 6) is 0. The fraction of sp³-hybridized carbons (Fsp3) is 0.300. The van der Waals surface area contributed by atoms with E-state index >= 15 is 0 Å². The third-order valence-corrected chi connectivity index (χ3v) is 5.56. The zero-order valence-corrected chi connectivity index (χ0v) is 16.7. The lowest BCUT2D eigenvalue weighted by Crippen LogP contribution is -2.38. The Morgan fingerprint density at radius 2 is 1.92 bits per heavy atom. The van der Waals surface area contributed by atoms with E-state index in [1.807, 2.05) is 24.3 Å². The minimum Gasteiger partial charge on any atom is -0.382 e. The van der Waals surface area contributed by atoms with Crippen LogP contribution in [-0.4, -0.2) is 28.7 Å². The third kappa shape index (κ3) is 3.39. The number of anilines is 1. The van der Waals surface area contributed by atoms with Crippen LogP contribution in [0.15, 0.2) is 54.7 Å². The molecule has 0 aliphatic rings. The van der Waals surface area contributed by atoms with Crippen LogP contribution >= 0.6 is 11.6 Å². The van der Waals surface area contributed by atoms with Crippen LogP contribution in [0.1, 0.15) is 18.9 Å². The van der Waals surface area contributed by atoms with Crippen molar-refractivity contribution in [3.8, 4) is 0 Å². The van der Waals surface area contributed by atoms with Gasteiger partial charge in [-0.25, -0.2) is 4.21 Å². The van der Waals surface area contributed by atoms with Crippen LogP contribution in [0.5, 0.6) is 0 Å². The number of nitrogens with one attached hydrogen (secondary N) is 1. The summed E-state index contributed by atoms with van der Waals surface area (Å²) in [5.41, 5.74) is 2.71. The SMILES string of the molecule is CCC(COC)(c1ccc(Cl)cc1)n1ccc2c(NS(C)=O)cccc21. The highest BCUT2D eigenvalue weighted by atomic mass is 35.5. The van der Waals surface area contributed by atoms with Gasteiger partial charge in [0.2, 0.25) is 0 Å². The molecular formula is C20H23ClN2O2S. The summed E-state index contributed by atoms with van der Waals surface area (Å²) in [7, 11) is 0.595. The maximum atomic E-state index is 11.6. The number of halogens is 1. The second kappa shape index (κ2) is 7.82. The first-order chi connectivity index (χ1) is 12.5. The van der Waals surface area contributed by atoms with Crippen molar-refractivity contribution in [2.75, 3.05) is 24.7 Å². The highest BCUT2D eigenvalue weighted by Crippen LogP contribution is 2.36. The molecule has 1 heterocycles. The van der Waals surface area contributed by atoms with E-state index in [-0.39, 0.29) is 5.54 Å². The number of methoxy groups -OCH3 is 1. The Balaban J connectivity index is 2.22. The van der Waals surface area contributed by atoms with Gasteiger partial charge >= 0.3 is 0 Å². The quantitative estimate of drug-likeness (QED) is 0.629. The molecule has 0 bridgehead atoms. The normalized spacial score (nSPS) is 14.9. The molecule has 26 heavy (non-hydrogen) atoms. The van der Waals surface area contributed by atoms with Gasteiger partial charge in [0, 0.05) is 30.0 Å². The third-order valence-electron chi connectivity index (χ3n) is 4.80. The molecule has 0 aliphatic heterocycles. The number of rotatable bonds is 7. The van der Waals surface area contributed by atoms with Crippen LogP contribution in [0.25, 0.3) is 10.9 Å². The Hall–Kier alpha value is -1.82. The molecule has 4 nitrogen and oxygen atoms in total. The predicted octanol–water partition coefficient (Wildman–Crippen LogP) is 4.80. The number of hydrogen-bond donors (Lipinski definition) is 1. The summed E-state index contributed by atoms with van der Waals surface area (Å²) >= 11 is 6.10. The number of fused-ring (bicyclic) bond motifs is 1. The van der Waals surface area contributed by atoms with Crippen LogP contribution in [0.4, 0.5) is 5.69 Å². The number of nitrogens with zero attached hydrogens (tertiary/aromatic N) is 1. The van der Waals surface area contributed by atoms with Gasteiger partial charge in [-0.05, 0) is 42.3 Å². The maximum Gasteiger partial charge on any atom is 0.113 e. The zero-order valence-electron chi connectivity index (χ0n) is 15.2. The molecule has 1 aromatic heterocycles. The van der Waals surface area contributed by atoms with Crippen molar-refractivity contribution in [3.63, 3.8) is 0 Å². The van der Waals surface area contributed by atoms with Gasteiger partial charge in [-0.3, -0.25) is 0 Å². The second-order valence-electron chi connectivity index (χ2n) is 6.31. The van der Waals surface area contributed by atoms with Crippen molar-refractivity contribution in [2.45, 2.75) is 18.9 Å². The molecule has 0 saturated heterocycles. The van der Waals surface area contributed by atoms with Gasteiger partial charge in [-0.15, -0.1) is 0 Å². The first-order valence-corrected chi connectivity index (χ1v) is 10.4. The van der Waals surface area contributed by atoms with Crippen molar-refractivity contribution in [1.82, 2.24) is 4.57 Å². The van der Waals surface area contributed by atoms with Crippen molar-refractivity contribution in [2.24, 2.45) is 0 Å². The Bertz CT molecular complexity index is 923. The average molecular weight is 391 g/mol. The van der Waals surface area contributed by atoms with Crippen LogP contribution in [0, 0.1) is 0 Å². The van der Waals surface area contributed by atoms with Gasteiger partial charge in [-0.2, -0.15) is 0 Å². The zero-order chi connectivity index (χ0) is 18.7. The van der Waals surface area contributed by atoms with E-state index in [2.05, 4.69) is 46.7 Å². The van der Waals surface area contributed by atoms with Gasteiger partial charge in [0.15, 0.2) is 0 Å². The molecule has 0 amide bonds. The first-order valence-electron chi connectivity index (χ1n) is 8.47. The molecule has 2 aromatic carbocycles. The average Bonchev–Trinajstić information content (AvgIpc) is 3.06. The van der Waals surface area contributed by atoms with Gasteiger partial charge in [0.25, 0.3) is 0 Å². The highest BCUT2D eigenvalue weighted by Gasteiger charge is 2.33. The van der Waals surface area contributed by atoms with E-state index < -0.39 is 11.0 Å². The van der Waals surface area contributed by atoms with E-state index in [9.17, 15) is 4.21 Å². The fourth-order valence-corrected chi connectivity index (χ4v) is 4.17. The molecule has 0 saturated carbocycles. The lowest BCUT2D eigenvalue weighted by Gasteiger charge is -2.35. The molecule has 0 fully saturated rings. The summed E-state index contributed by atoms with van der Waals surface area (Å²) in [6.45, 7) is 2.69. The molecule has 1 N–H and O–H groups in total. The summed E-state index contributed by atoms with van der Waals surface area (Å²) in [5, 5.41) is 1.75. The summed E-state index contributed by atoms with van der Waals surface area (Å²) < 4.78 is 22.5. The Labute approximate surface area is 161 Å². The largest absolute Gasteiger partial charge is 0.382 e.